The molecular formula is C16H12O6S. The molecule has 0 saturated carbocycles. The number of benzene rings is 2. The van der Waals surface area contributed by atoms with Gasteiger partial charge < -0.3 is 24.5 Å². The highest BCUT2D eigenvalue weighted by atomic mass is 32.2. The van der Waals surface area contributed by atoms with Crippen molar-refractivity contribution in [2.45, 2.75) is 9.99 Å². The van der Waals surface area contributed by atoms with Gasteiger partial charge in [0.25, 0.3) is 0 Å². The van der Waals surface area contributed by atoms with Crippen LogP contribution in [-0.4, -0.2) is 22.4 Å². The van der Waals surface area contributed by atoms with Crippen molar-refractivity contribution in [3.05, 3.63) is 46.6 Å². The number of methoxy groups -OCH3 is 1. The lowest BCUT2D eigenvalue weighted by molar-refractivity contribution is 0.345. The molecule has 0 aliphatic carbocycles. The summed E-state index contributed by atoms with van der Waals surface area (Å²) in [5, 5.41) is 29.3. The Morgan fingerprint density at radius 3 is 2.43 bits per heavy atom. The van der Waals surface area contributed by atoms with Gasteiger partial charge in [-0.3, -0.25) is 4.79 Å². The SMILES string of the molecule is COc1c(O)cc2oc(Sc3ccc(O)cc3)cc(=O)c2c1O. The first kappa shape index (κ1) is 15.1. The van der Waals surface area contributed by atoms with Crippen LogP contribution in [0.5, 0.6) is 23.0 Å². The number of fused-ring (bicyclic) bond motifs is 1. The summed E-state index contributed by atoms with van der Waals surface area (Å²) in [5.74, 6) is -0.829. The highest BCUT2D eigenvalue weighted by molar-refractivity contribution is 7.99. The van der Waals surface area contributed by atoms with Crippen LogP contribution in [-0.2, 0) is 0 Å². The van der Waals surface area contributed by atoms with E-state index in [0.29, 0.717) is 0 Å². The predicted octanol–water partition coefficient (Wildman–Crippen LogP) is 3.07. The molecule has 23 heavy (non-hydrogen) atoms. The van der Waals surface area contributed by atoms with Crippen molar-refractivity contribution in [2.24, 2.45) is 0 Å². The monoisotopic (exact) mass is 332 g/mol. The largest absolute Gasteiger partial charge is 0.508 e. The van der Waals surface area contributed by atoms with Crippen molar-refractivity contribution in [1.82, 2.24) is 0 Å². The standard InChI is InChI=1S/C16H12O6S/c1-21-16-11(19)6-12-14(15(16)20)10(18)7-13(22-12)23-9-4-2-8(17)3-5-9/h2-7,17,19-20H,1H3. The highest BCUT2D eigenvalue weighted by Gasteiger charge is 2.18. The summed E-state index contributed by atoms with van der Waals surface area (Å²) in [6.45, 7) is 0. The Balaban J connectivity index is 2.11. The predicted molar refractivity (Wildman–Crippen MR) is 84.6 cm³/mol. The third-order valence-electron chi connectivity index (χ3n) is 3.16. The van der Waals surface area contributed by atoms with E-state index in [2.05, 4.69) is 0 Å². The molecule has 0 amide bonds. The van der Waals surface area contributed by atoms with E-state index in [1.54, 1.807) is 12.1 Å². The number of phenolic OH excluding ortho intramolecular Hbond substituents is 3. The molecule has 3 N–H and O–H groups in total. The molecule has 0 atom stereocenters. The van der Waals surface area contributed by atoms with Gasteiger partial charge in [-0.05, 0) is 24.3 Å². The maximum Gasteiger partial charge on any atom is 0.203 e. The molecule has 7 heteroatoms. The number of ether oxygens (including phenoxy) is 1. The number of aromatic hydroxyl groups is 3. The van der Waals surface area contributed by atoms with Crippen molar-refractivity contribution >= 4 is 22.7 Å². The Kier molecular flexibility index (Phi) is 3.79. The van der Waals surface area contributed by atoms with Gasteiger partial charge in [0.15, 0.2) is 22.0 Å². The minimum Gasteiger partial charge on any atom is -0.508 e. The van der Waals surface area contributed by atoms with E-state index in [0.717, 1.165) is 4.90 Å². The molecule has 0 aliphatic heterocycles. The summed E-state index contributed by atoms with van der Waals surface area (Å²) in [5.41, 5.74) is -0.405. The van der Waals surface area contributed by atoms with E-state index in [1.807, 2.05) is 0 Å². The zero-order chi connectivity index (χ0) is 16.6. The zero-order valence-electron chi connectivity index (χ0n) is 11.9. The van der Waals surface area contributed by atoms with Crippen LogP contribution < -0.4 is 10.2 Å². The van der Waals surface area contributed by atoms with Crippen LogP contribution in [0.3, 0.4) is 0 Å². The van der Waals surface area contributed by atoms with Crippen LogP contribution in [0.4, 0.5) is 0 Å². The maximum atomic E-state index is 12.2. The van der Waals surface area contributed by atoms with E-state index >= 15 is 0 Å². The van der Waals surface area contributed by atoms with Gasteiger partial charge in [-0.1, -0.05) is 11.8 Å². The molecule has 0 radical (unpaired) electrons. The van der Waals surface area contributed by atoms with E-state index < -0.39 is 11.2 Å². The van der Waals surface area contributed by atoms with Gasteiger partial charge in [0, 0.05) is 17.0 Å². The summed E-state index contributed by atoms with van der Waals surface area (Å²) in [4.78, 5) is 13.0. The molecule has 0 aliphatic rings. The second-order valence-electron chi connectivity index (χ2n) is 4.68. The summed E-state index contributed by atoms with van der Waals surface area (Å²) in [6.07, 6.45) is 0. The first-order valence-electron chi connectivity index (χ1n) is 6.53. The number of hydrogen-bond donors (Lipinski definition) is 3. The summed E-state index contributed by atoms with van der Waals surface area (Å²) in [6, 6.07) is 8.85. The molecule has 3 aromatic rings. The Hall–Kier alpha value is -2.80. The molecule has 3 rings (SSSR count). The summed E-state index contributed by atoms with van der Waals surface area (Å²) in [7, 11) is 1.28. The van der Waals surface area contributed by atoms with Crippen LogP contribution in [0.15, 0.2) is 55.6 Å². The maximum absolute atomic E-state index is 12.2. The average molecular weight is 332 g/mol. The molecule has 6 nitrogen and oxygen atoms in total. The van der Waals surface area contributed by atoms with Gasteiger partial charge in [-0.15, -0.1) is 0 Å². The van der Waals surface area contributed by atoms with Crippen LogP contribution >= 0.6 is 11.8 Å². The van der Waals surface area contributed by atoms with Crippen LogP contribution in [0.2, 0.25) is 0 Å². The number of hydrogen-bond acceptors (Lipinski definition) is 7. The van der Waals surface area contributed by atoms with E-state index in [-0.39, 0.29) is 33.3 Å². The fourth-order valence-corrected chi connectivity index (χ4v) is 2.93. The first-order chi connectivity index (χ1) is 11.0. The Bertz CT molecular complexity index is 930. The molecule has 0 fully saturated rings. The van der Waals surface area contributed by atoms with Gasteiger partial charge in [0.2, 0.25) is 5.75 Å². The normalized spacial score (nSPS) is 10.8. The number of rotatable bonds is 3. The first-order valence-corrected chi connectivity index (χ1v) is 7.35. The molecule has 0 spiro atoms. The van der Waals surface area contributed by atoms with E-state index in [1.165, 1.54) is 43.1 Å². The van der Waals surface area contributed by atoms with Crippen molar-refractivity contribution in [3.8, 4) is 23.0 Å². The van der Waals surface area contributed by atoms with Crippen LogP contribution in [0.25, 0.3) is 11.0 Å². The van der Waals surface area contributed by atoms with Crippen LogP contribution in [0.1, 0.15) is 0 Å². The summed E-state index contributed by atoms with van der Waals surface area (Å²) < 4.78 is 10.4. The molecule has 1 heterocycles. The number of phenols is 3. The van der Waals surface area contributed by atoms with Gasteiger partial charge in [-0.25, -0.2) is 0 Å². The Morgan fingerprint density at radius 2 is 1.78 bits per heavy atom. The molecule has 1 aromatic heterocycles. The second kappa shape index (κ2) is 5.77. The lowest BCUT2D eigenvalue weighted by Gasteiger charge is -2.09. The minimum atomic E-state index is -0.461. The molecular weight excluding hydrogens is 320 g/mol. The highest BCUT2D eigenvalue weighted by Crippen LogP contribution is 2.41. The second-order valence-corrected chi connectivity index (χ2v) is 5.75. The Morgan fingerprint density at radius 1 is 1.09 bits per heavy atom. The topological polar surface area (TPSA) is 100 Å². The van der Waals surface area contributed by atoms with Gasteiger partial charge >= 0.3 is 0 Å². The molecule has 2 aromatic carbocycles. The van der Waals surface area contributed by atoms with Crippen LogP contribution in [0, 0.1) is 0 Å². The molecule has 0 saturated heterocycles. The third-order valence-corrected chi connectivity index (χ3v) is 4.07. The molecule has 0 unspecified atom stereocenters. The molecule has 0 bridgehead atoms. The van der Waals surface area contributed by atoms with Gasteiger partial charge in [0.05, 0.1) is 7.11 Å². The molecule has 118 valence electrons. The lowest BCUT2D eigenvalue weighted by Crippen LogP contribution is -2.01. The smallest absolute Gasteiger partial charge is 0.203 e. The van der Waals surface area contributed by atoms with E-state index in [4.69, 9.17) is 9.15 Å². The van der Waals surface area contributed by atoms with Gasteiger partial charge in [-0.2, -0.15) is 0 Å². The minimum absolute atomic E-state index is 0.0505. The van der Waals surface area contributed by atoms with Crippen molar-refractivity contribution in [3.63, 3.8) is 0 Å². The fraction of sp³-hybridized carbons (Fsp3) is 0.0625. The zero-order valence-corrected chi connectivity index (χ0v) is 12.8. The van der Waals surface area contributed by atoms with Crippen molar-refractivity contribution < 1.29 is 24.5 Å². The average Bonchev–Trinajstić information content (AvgIpc) is 2.49. The fourth-order valence-electron chi connectivity index (χ4n) is 2.13. The van der Waals surface area contributed by atoms with E-state index in [9.17, 15) is 20.1 Å². The Labute approximate surface area is 134 Å². The van der Waals surface area contributed by atoms with Crippen molar-refractivity contribution in [1.29, 1.82) is 0 Å². The quantitative estimate of drug-likeness (QED) is 0.677. The third kappa shape index (κ3) is 2.78. The van der Waals surface area contributed by atoms with Crippen molar-refractivity contribution in [2.75, 3.05) is 7.11 Å². The lowest BCUT2D eigenvalue weighted by atomic mass is 10.2. The van der Waals surface area contributed by atoms with Gasteiger partial charge in [0.1, 0.15) is 16.7 Å². The summed E-state index contributed by atoms with van der Waals surface area (Å²) >= 11 is 1.17.